The molecule has 3 aromatic heterocycles. The normalized spacial score (nSPS) is 12.5. The van der Waals surface area contributed by atoms with Gasteiger partial charge in [0.05, 0.1) is 22.2 Å². The Morgan fingerprint density at radius 1 is 0.455 bits per heavy atom. The summed E-state index contributed by atoms with van der Waals surface area (Å²) in [5.74, 6) is 0.663. The van der Waals surface area contributed by atoms with Crippen LogP contribution in [0.1, 0.15) is 0 Å². The zero-order valence-corrected chi connectivity index (χ0v) is 23.4. The van der Waals surface area contributed by atoms with Gasteiger partial charge in [-0.25, -0.2) is 9.97 Å². The number of aromatic nitrogens is 3. The van der Waals surface area contributed by atoms with Crippen LogP contribution in [0.5, 0.6) is 0 Å². The van der Waals surface area contributed by atoms with Gasteiger partial charge in [-0.05, 0) is 52.2 Å². The Bertz CT molecular complexity index is 2880. The summed E-state index contributed by atoms with van der Waals surface area (Å²) in [4.78, 5) is 10.7. The molecule has 1 aliphatic carbocycles. The maximum atomic E-state index is 6.50. The van der Waals surface area contributed by atoms with E-state index in [2.05, 4.69) is 126 Å². The third kappa shape index (κ3) is 2.69. The van der Waals surface area contributed by atoms with Crippen molar-refractivity contribution in [3.8, 4) is 28.3 Å². The van der Waals surface area contributed by atoms with Gasteiger partial charge in [0, 0.05) is 43.3 Å². The minimum absolute atomic E-state index is 0.663. The number of hydrogen-bond acceptors (Lipinski definition) is 3. The van der Waals surface area contributed by atoms with E-state index in [-0.39, 0.29) is 0 Å². The molecule has 10 aromatic rings. The van der Waals surface area contributed by atoms with E-state index in [1.54, 1.807) is 0 Å². The van der Waals surface area contributed by atoms with Crippen LogP contribution in [-0.2, 0) is 0 Å². The molecule has 0 radical (unpaired) electrons. The summed E-state index contributed by atoms with van der Waals surface area (Å²) in [7, 11) is 0. The summed E-state index contributed by atoms with van der Waals surface area (Å²) in [6, 6.07) is 45.1. The highest BCUT2D eigenvalue weighted by molar-refractivity contribution is 6.37. The van der Waals surface area contributed by atoms with Crippen molar-refractivity contribution < 1.29 is 4.42 Å². The predicted octanol–water partition coefficient (Wildman–Crippen LogP) is 10.6. The van der Waals surface area contributed by atoms with Crippen LogP contribution in [0.2, 0.25) is 0 Å². The van der Waals surface area contributed by atoms with Crippen molar-refractivity contribution in [2.75, 3.05) is 0 Å². The van der Waals surface area contributed by atoms with Crippen LogP contribution in [0.4, 0.5) is 0 Å². The minimum Gasteiger partial charge on any atom is -0.456 e. The van der Waals surface area contributed by atoms with Crippen LogP contribution in [0, 0.1) is 0 Å². The number of furan rings is 1. The summed E-state index contributed by atoms with van der Waals surface area (Å²) in [5, 5.41) is 10.6. The van der Waals surface area contributed by atoms with Gasteiger partial charge >= 0.3 is 0 Å². The Labute approximate surface area is 250 Å². The quantitative estimate of drug-likeness (QED) is 0.198. The molecule has 4 nitrogen and oxygen atoms in total. The third-order valence-corrected chi connectivity index (χ3v) is 9.51. The lowest BCUT2D eigenvalue weighted by Crippen LogP contribution is -2.04. The Morgan fingerprint density at radius 3 is 2.07 bits per heavy atom. The molecule has 0 bridgehead atoms. The van der Waals surface area contributed by atoms with Crippen LogP contribution >= 0.6 is 0 Å². The highest BCUT2D eigenvalue weighted by Crippen LogP contribution is 2.50. The molecule has 0 saturated heterocycles. The maximum Gasteiger partial charge on any atom is 0.235 e. The lowest BCUT2D eigenvalue weighted by molar-refractivity contribution is 0.669. The summed E-state index contributed by atoms with van der Waals surface area (Å²) >= 11 is 0. The fraction of sp³-hybridized carbons (Fsp3) is 0. The first kappa shape index (κ1) is 22.6. The molecule has 0 unspecified atom stereocenters. The molecule has 0 N–H and O–H groups in total. The molecule has 3 heterocycles. The second kappa shape index (κ2) is 7.88. The second-order valence-corrected chi connectivity index (χ2v) is 11.7. The Hall–Kier alpha value is -6.00. The number of fused-ring (bicyclic) bond motifs is 4. The largest absolute Gasteiger partial charge is 0.456 e. The molecule has 0 aliphatic heterocycles. The van der Waals surface area contributed by atoms with Crippen molar-refractivity contribution in [1.29, 1.82) is 0 Å². The number of hydrogen-bond donors (Lipinski definition) is 0. The van der Waals surface area contributed by atoms with Gasteiger partial charge in [0.1, 0.15) is 11.2 Å². The van der Waals surface area contributed by atoms with E-state index in [1.807, 2.05) is 6.07 Å². The van der Waals surface area contributed by atoms with Gasteiger partial charge in [0.2, 0.25) is 5.95 Å². The van der Waals surface area contributed by atoms with E-state index >= 15 is 0 Å². The highest BCUT2D eigenvalue weighted by Gasteiger charge is 2.27. The maximum absolute atomic E-state index is 6.50. The first-order valence-corrected chi connectivity index (χ1v) is 14.9. The molecule has 202 valence electrons. The average molecular weight is 560 g/mol. The molecule has 0 amide bonds. The van der Waals surface area contributed by atoms with E-state index in [0.717, 1.165) is 55.1 Å². The molecule has 7 aromatic carbocycles. The van der Waals surface area contributed by atoms with Crippen LogP contribution in [0.3, 0.4) is 0 Å². The van der Waals surface area contributed by atoms with Crippen LogP contribution in [-0.4, -0.2) is 14.5 Å². The van der Waals surface area contributed by atoms with E-state index in [9.17, 15) is 0 Å². The van der Waals surface area contributed by atoms with Crippen LogP contribution in [0.15, 0.2) is 132 Å². The topological polar surface area (TPSA) is 43.9 Å². The van der Waals surface area contributed by atoms with Gasteiger partial charge < -0.3 is 4.42 Å². The molecular formula is C40H21N3O. The molecule has 1 aliphatic rings. The zero-order chi connectivity index (χ0) is 28.5. The van der Waals surface area contributed by atoms with Gasteiger partial charge in [0.25, 0.3) is 0 Å². The van der Waals surface area contributed by atoms with Crippen molar-refractivity contribution in [2.24, 2.45) is 0 Å². The Morgan fingerprint density at radius 2 is 1.16 bits per heavy atom. The highest BCUT2D eigenvalue weighted by atomic mass is 16.3. The van der Waals surface area contributed by atoms with Crippen molar-refractivity contribution in [1.82, 2.24) is 14.5 Å². The standard InChI is InChI=1S/C40H21N3O/c1-2-9-24(10-3-1)38-28-18-16-22-8-4-5-12-25(22)39(28)42-40(41-38)43-29-15-7-14-27-26-13-6-11-23-17-20-31-36(33(23)26)37-32(44-31)21-19-30(43)35(37)34(27)29/h1-21H. The molecular weight excluding hydrogens is 538 g/mol. The number of benzene rings is 7. The van der Waals surface area contributed by atoms with E-state index in [1.165, 1.54) is 43.4 Å². The monoisotopic (exact) mass is 559 g/mol. The van der Waals surface area contributed by atoms with E-state index in [4.69, 9.17) is 14.4 Å². The molecule has 0 saturated carbocycles. The van der Waals surface area contributed by atoms with Crippen molar-refractivity contribution in [3.05, 3.63) is 127 Å². The molecule has 44 heavy (non-hydrogen) atoms. The summed E-state index contributed by atoms with van der Waals surface area (Å²) in [6.45, 7) is 0. The van der Waals surface area contributed by atoms with Gasteiger partial charge in [-0.3, -0.25) is 4.57 Å². The molecule has 11 rings (SSSR count). The van der Waals surface area contributed by atoms with Crippen LogP contribution in [0.25, 0.3) is 105 Å². The summed E-state index contributed by atoms with van der Waals surface area (Å²) in [5.41, 5.74) is 9.38. The van der Waals surface area contributed by atoms with Gasteiger partial charge in [-0.15, -0.1) is 0 Å². The molecule has 0 spiro atoms. The second-order valence-electron chi connectivity index (χ2n) is 11.7. The van der Waals surface area contributed by atoms with Crippen molar-refractivity contribution in [2.45, 2.75) is 0 Å². The summed E-state index contributed by atoms with van der Waals surface area (Å²) in [6.07, 6.45) is 0. The fourth-order valence-electron chi connectivity index (χ4n) is 7.71. The number of rotatable bonds is 2. The first-order valence-electron chi connectivity index (χ1n) is 14.9. The van der Waals surface area contributed by atoms with E-state index in [0.29, 0.717) is 5.95 Å². The smallest absolute Gasteiger partial charge is 0.235 e. The van der Waals surface area contributed by atoms with Gasteiger partial charge in [-0.1, -0.05) is 97.1 Å². The predicted molar refractivity (Wildman–Crippen MR) is 181 cm³/mol. The number of nitrogens with zero attached hydrogens (tertiary/aromatic N) is 3. The van der Waals surface area contributed by atoms with Crippen molar-refractivity contribution >= 4 is 76.2 Å². The minimum atomic E-state index is 0.663. The SMILES string of the molecule is c1ccc(-c2nc(-n3c4cccc5c4c4c6c(ccc43)oc3ccc4cccc-5c4c36)nc3c2ccc2ccccc23)cc1. The lowest BCUT2D eigenvalue weighted by Gasteiger charge is -2.14. The van der Waals surface area contributed by atoms with Gasteiger partial charge in [0.15, 0.2) is 0 Å². The molecule has 0 atom stereocenters. The average Bonchev–Trinajstić information content (AvgIpc) is 3.59. The molecule has 4 heteroatoms. The Kier molecular flexibility index (Phi) is 4.04. The van der Waals surface area contributed by atoms with Crippen molar-refractivity contribution in [3.63, 3.8) is 0 Å². The Balaban J connectivity index is 1.37. The lowest BCUT2D eigenvalue weighted by atomic mass is 9.95. The first-order chi connectivity index (χ1) is 21.8. The zero-order valence-electron chi connectivity index (χ0n) is 23.4. The fourth-order valence-corrected chi connectivity index (χ4v) is 7.71. The van der Waals surface area contributed by atoms with Crippen LogP contribution < -0.4 is 0 Å². The third-order valence-electron chi connectivity index (χ3n) is 9.51. The molecule has 0 fully saturated rings. The van der Waals surface area contributed by atoms with Gasteiger partial charge in [-0.2, -0.15) is 0 Å². The summed E-state index contributed by atoms with van der Waals surface area (Å²) < 4.78 is 8.76. The van der Waals surface area contributed by atoms with E-state index < -0.39 is 0 Å².